The summed E-state index contributed by atoms with van der Waals surface area (Å²) in [4.78, 5) is 14.5. The minimum atomic E-state index is -3.12. The summed E-state index contributed by atoms with van der Waals surface area (Å²) in [6.45, 7) is 4.98. The van der Waals surface area contributed by atoms with Crippen LogP contribution in [0.15, 0.2) is 79.5 Å². The van der Waals surface area contributed by atoms with Crippen molar-refractivity contribution in [3.63, 3.8) is 0 Å². The van der Waals surface area contributed by atoms with Crippen molar-refractivity contribution in [1.82, 2.24) is 4.98 Å². The van der Waals surface area contributed by atoms with Crippen molar-refractivity contribution in [2.75, 3.05) is 7.11 Å². The summed E-state index contributed by atoms with van der Waals surface area (Å²) < 4.78 is 35.5. The highest BCUT2D eigenvalue weighted by Crippen LogP contribution is 2.43. The Hall–Kier alpha value is -3.25. The first-order valence-electron chi connectivity index (χ1n) is 11.8. The topological polar surface area (TPSA) is 65.2 Å². The van der Waals surface area contributed by atoms with E-state index in [-0.39, 0.29) is 29.1 Å². The lowest BCUT2D eigenvalue weighted by atomic mass is 9.86. The fraction of sp³-hybridized carbons (Fsp3) is 0.310. The third-order valence-electron chi connectivity index (χ3n) is 6.28. The molecule has 0 radical (unpaired) electrons. The molecule has 4 rings (SSSR count). The molecule has 1 amide bonds. The lowest BCUT2D eigenvalue weighted by Gasteiger charge is -2.26. The fourth-order valence-corrected chi connectivity index (χ4v) is 3.91. The number of nitrogens with two attached hydrogens (primary N) is 1. The minimum absolute atomic E-state index is 0.130. The Balaban J connectivity index is 0.000000526. The summed E-state index contributed by atoms with van der Waals surface area (Å²) in [5, 5.41) is 0.527. The molecule has 0 aliphatic heterocycles. The molecule has 7 heteroatoms. The Labute approximate surface area is 216 Å². The van der Waals surface area contributed by atoms with Crippen molar-refractivity contribution in [2.45, 2.75) is 38.0 Å². The van der Waals surface area contributed by atoms with Crippen LogP contribution in [-0.4, -0.2) is 18.0 Å². The van der Waals surface area contributed by atoms with Crippen LogP contribution in [0.3, 0.4) is 0 Å². The van der Waals surface area contributed by atoms with E-state index >= 15 is 8.78 Å². The summed E-state index contributed by atoms with van der Waals surface area (Å²) in [6, 6.07) is 18.4. The van der Waals surface area contributed by atoms with E-state index in [0.29, 0.717) is 11.4 Å². The molecular weight excluding hydrogens is 482 g/mol. The highest BCUT2D eigenvalue weighted by Gasteiger charge is 2.40. The number of amides is 1. The molecule has 3 aromatic rings. The highest BCUT2D eigenvalue weighted by atomic mass is 35.5. The molecule has 2 N–H and O–H groups in total. The number of aromatic nitrogens is 1. The number of carbonyl (C=O) groups excluding carboxylic acids is 1. The number of carbonyl (C=O) groups is 1. The van der Waals surface area contributed by atoms with E-state index in [2.05, 4.69) is 11.6 Å². The molecular formula is C29H31ClF2N2O2. The van der Waals surface area contributed by atoms with Gasteiger partial charge in [0.1, 0.15) is 5.75 Å². The van der Waals surface area contributed by atoms with Gasteiger partial charge in [-0.25, -0.2) is 8.78 Å². The quantitative estimate of drug-likeness (QED) is 0.317. The first-order chi connectivity index (χ1) is 17.2. The molecule has 2 aromatic carbocycles. The number of nitrogens with zero attached hydrogens (tertiary/aromatic N) is 1. The van der Waals surface area contributed by atoms with Gasteiger partial charge in [-0.3, -0.25) is 9.78 Å². The van der Waals surface area contributed by atoms with Gasteiger partial charge < -0.3 is 10.5 Å². The lowest BCUT2D eigenvalue weighted by molar-refractivity contribution is -0.119. The molecule has 1 saturated carbocycles. The molecule has 1 unspecified atom stereocenters. The number of methoxy groups -OCH3 is 1. The third-order valence-corrected chi connectivity index (χ3v) is 6.50. The number of hydrogen-bond donors (Lipinski definition) is 1. The highest BCUT2D eigenvalue weighted by molar-refractivity contribution is 6.30. The third kappa shape index (κ3) is 6.91. The van der Waals surface area contributed by atoms with Gasteiger partial charge in [0.05, 0.1) is 17.7 Å². The average molecular weight is 513 g/mol. The number of ether oxygens (including phenoxy) is 1. The fourth-order valence-electron chi connectivity index (χ4n) is 3.80. The van der Waals surface area contributed by atoms with E-state index in [1.807, 2.05) is 42.5 Å². The minimum Gasteiger partial charge on any atom is -0.496 e. The first kappa shape index (κ1) is 27.3. The predicted molar refractivity (Wildman–Crippen MR) is 139 cm³/mol. The Kier molecular flexibility index (Phi) is 9.21. The molecule has 0 bridgehead atoms. The van der Waals surface area contributed by atoms with Crippen LogP contribution >= 0.6 is 11.6 Å². The van der Waals surface area contributed by atoms with Gasteiger partial charge >= 0.3 is 0 Å². The molecule has 1 aromatic heterocycles. The van der Waals surface area contributed by atoms with E-state index in [0.717, 1.165) is 29.7 Å². The Morgan fingerprint density at radius 2 is 1.92 bits per heavy atom. The zero-order chi connectivity index (χ0) is 26.3. The predicted octanol–water partition coefficient (Wildman–Crippen LogP) is 6.91. The zero-order valence-electron chi connectivity index (χ0n) is 20.5. The largest absolute Gasteiger partial charge is 0.496 e. The van der Waals surface area contributed by atoms with Crippen molar-refractivity contribution in [1.29, 1.82) is 0 Å². The number of allylic oxidation sites excluding steroid dienone is 1. The molecule has 0 saturated heterocycles. The maximum atomic E-state index is 15.1. The Morgan fingerprint density at radius 1 is 1.22 bits per heavy atom. The first-order valence-corrected chi connectivity index (χ1v) is 12.2. The van der Waals surface area contributed by atoms with Gasteiger partial charge in [0.25, 0.3) is 5.92 Å². The van der Waals surface area contributed by atoms with Crippen molar-refractivity contribution in [3.8, 4) is 5.75 Å². The standard InChI is InChI=1S/C25H24ClF2NO.C4H7NO/c1-4-17(2)25(27,28)22-15-19(10-13-24(22)30-3)21(14-18-8-6-5-7-9-18)23-12-11-20(26)16-29-23;5-4(6)3-1-2-3/h4-13,15-17,21H,1,14H2,2-3H3;3H,1-2H2,(H2,5,6)/t17?,21-;/m1./s1. The second kappa shape index (κ2) is 12.1. The molecule has 190 valence electrons. The molecule has 4 nitrogen and oxygen atoms in total. The van der Waals surface area contributed by atoms with E-state index in [4.69, 9.17) is 22.1 Å². The van der Waals surface area contributed by atoms with Gasteiger partial charge in [-0.1, -0.05) is 61.0 Å². The average Bonchev–Trinajstić information content (AvgIpc) is 3.74. The second-order valence-electron chi connectivity index (χ2n) is 8.93. The summed E-state index contributed by atoms with van der Waals surface area (Å²) >= 11 is 6.01. The van der Waals surface area contributed by atoms with Crippen LogP contribution in [0.5, 0.6) is 5.75 Å². The molecule has 1 fully saturated rings. The summed E-state index contributed by atoms with van der Waals surface area (Å²) in [7, 11) is 1.40. The Morgan fingerprint density at radius 3 is 2.42 bits per heavy atom. The van der Waals surface area contributed by atoms with Gasteiger partial charge in [0, 0.05) is 29.6 Å². The van der Waals surface area contributed by atoms with Gasteiger partial charge in [-0.05, 0) is 54.7 Å². The van der Waals surface area contributed by atoms with E-state index < -0.39 is 11.8 Å². The SMILES string of the molecule is C=CC(C)C(F)(F)c1cc([C@@H](Cc2ccccc2)c2ccc(Cl)cn2)ccc1OC.NC(=O)C1CC1. The number of alkyl halides is 2. The number of primary amides is 1. The molecule has 1 aliphatic rings. The Bertz CT molecular complexity index is 1170. The van der Waals surface area contributed by atoms with Crippen molar-refractivity contribution in [3.05, 3.63) is 107 Å². The smallest absolute Gasteiger partial charge is 0.282 e. The van der Waals surface area contributed by atoms with Crippen LogP contribution in [-0.2, 0) is 17.1 Å². The summed E-state index contributed by atoms with van der Waals surface area (Å²) in [6.07, 6.45) is 5.50. The number of hydrogen-bond acceptors (Lipinski definition) is 3. The van der Waals surface area contributed by atoms with Gasteiger partial charge in [-0.2, -0.15) is 0 Å². The van der Waals surface area contributed by atoms with Gasteiger partial charge in [0.15, 0.2) is 0 Å². The molecule has 1 heterocycles. The lowest BCUT2D eigenvalue weighted by Crippen LogP contribution is -2.23. The molecule has 2 atom stereocenters. The summed E-state index contributed by atoms with van der Waals surface area (Å²) in [5.41, 5.74) is 7.29. The normalized spacial score (nSPS) is 14.7. The maximum Gasteiger partial charge on any atom is 0.282 e. The monoisotopic (exact) mass is 512 g/mol. The van der Waals surface area contributed by atoms with Crippen LogP contribution in [0.2, 0.25) is 5.02 Å². The molecule has 0 spiro atoms. The second-order valence-corrected chi connectivity index (χ2v) is 9.36. The van der Waals surface area contributed by atoms with Crippen LogP contribution < -0.4 is 10.5 Å². The van der Waals surface area contributed by atoms with E-state index in [9.17, 15) is 4.79 Å². The van der Waals surface area contributed by atoms with Crippen LogP contribution in [0.1, 0.15) is 48.1 Å². The van der Waals surface area contributed by atoms with Crippen LogP contribution in [0, 0.1) is 11.8 Å². The molecule has 36 heavy (non-hydrogen) atoms. The van der Waals surface area contributed by atoms with Crippen molar-refractivity contribution < 1.29 is 18.3 Å². The number of pyridine rings is 1. The number of rotatable bonds is 9. The summed E-state index contributed by atoms with van der Waals surface area (Å²) in [5.74, 6) is -4.11. The van der Waals surface area contributed by atoms with Gasteiger partial charge in [-0.15, -0.1) is 6.58 Å². The van der Waals surface area contributed by atoms with E-state index in [1.165, 1.54) is 26.2 Å². The van der Waals surface area contributed by atoms with Crippen LogP contribution in [0.25, 0.3) is 0 Å². The maximum absolute atomic E-state index is 15.1. The molecule has 1 aliphatic carbocycles. The van der Waals surface area contributed by atoms with Crippen LogP contribution in [0.4, 0.5) is 8.78 Å². The number of benzene rings is 2. The van der Waals surface area contributed by atoms with Crippen molar-refractivity contribution >= 4 is 17.5 Å². The van der Waals surface area contributed by atoms with Gasteiger partial charge in [0.2, 0.25) is 5.91 Å². The van der Waals surface area contributed by atoms with Crippen molar-refractivity contribution in [2.24, 2.45) is 17.6 Å². The number of halogens is 3. The van der Waals surface area contributed by atoms with E-state index in [1.54, 1.807) is 18.3 Å². The zero-order valence-corrected chi connectivity index (χ0v) is 21.2.